The highest BCUT2D eigenvalue weighted by Crippen LogP contribution is 2.39. The van der Waals surface area contributed by atoms with Gasteiger partial charge in [0, 0.05) is 36.4 Å². The van der Waals surface area contributed by atoms with Crippen LogP contribution in [0.5, 0.6) is 5.75 Å². The molecule has 2 aliphatic heterocycles. The second kappa shape index (κ2) is 21.9. The van der Waals surface area contributed by atoms with E-state index in [2.05, 4.69) is 10.1 Å². The first-order chi connectivity index (χ1) is 28.3. The molecule has 0 saturated carbocycles. The summed E-state index contributed by atoms with van der Waals surface area (Å²) >= 11 is 0. The molecule has 1 aromatic carbocycles. The Morgan fingerprint density at radius 3 is 2.30 bits per heavy atom. The number of benzene rings is 1. The molecule has 15 heteroatoms. The van der Waals surface area contributed by atoms with Crippen molar-refractivity contribution < 1.29 is 58.5 Å². The number of oxime groups is 1. The van der Waals surface area contributed by atoms with Gasteiger partial charge >= 0.3 is 11.9 Å². The SMILES string of the molecule is CC[C@@H]1OC(=O)[C@H](C)[C@@H](OC(=O)Cc2ccccn2)[C@H](C)[C@@H](O[C@@H]2O[C@H](C)C[C@H](N(C)C)[C@H]2O)C(C)(O)C[C@@H](C)/C(=N\OCCCOc2ccccc2)[C@@H](C)[C@@H](O)[C@]1(C)O. The van der Waals surface area contributed by atoms with Crippen LogP contribution >= 0.6 is 0 Å². The van der Waals surface area contributed by atoms with Crippen LogP contribution in [0.1, 0.15) is 86.8 Å². The Hall–Kier alpha value is -3.70. The zero-order valence-electron chi connectivity index (χ0n) is 37.0. The monoisotopic (exact) mass is 843 g/mol. The van der Waals surface area contributed by atoms with E-state index >= 15 is 0 Å². The molecule has 60 heavy (non-hydrogen) atoms. The van der Waals surface area contributed by atoms with Crippen molar-refractivity contribution in [1.29, 1.82) is 0 Å². The van der Waals surface area contributed by atoms with E-state index in [0.29, 0.717) is 30.9 Å². The van der Waals surface area contributed by atoms with Gasteiger partial charge in [-0.15, -0.1) is 0 Å². The minimum atomic E-state index is -1.98. The molecule has 4 N–H and O–H groups in total. The number of aliphatic hydroxyl groups excluding tert-OH is 2. The van der Waals surface area contributed by atoms with Gasteiger partial charge in [0.2, 0.25) is 0 Å². The molecule has 1 unspecified atom stereocenters. The van der Waals surface area contributed by atoms with Crippen molar-refractivity contribution in [2.24, 2.45) is 28.8 Å². The van der Waals surface area contributed by atoms with E-state index in [1.807, 2.05) is 63.2 Å². The third kappa shape index (κ3) is 12.7. The third-order valence-electron chi connectivity index (χ3n) is 12.0. The van der Waals surface area contributed by atoms with Crippen LogP contribution in [-0.4, -0.2) is 135 Å². The Morgan fingerprint density at radius 2 is 1.67 bits per heavy atom. The Bertz CT molecular complexity index is 1660. The quantitative estimate of drug-likeness (QED) is 0.126. The molecular formula is C45H69N3O12. The van der Waals surface area contributed by atoms with Crippen LogP contribution < -0.4 is 4.74 Å². The van der Waals surface area contributed by atoms with Gasteiger partial charge in [0.15, 0.2) is 6.29 Å². The van der Waals surface area contributed by atoms with Gasteiger partial charge in [-0.3, -0.25) is 14.6 Å². The van der Waals surface area contributed by atoms with Crippen molar-refractivity contribution in [2.45, 2.75) is 148 Å². The van der Waals surface area contributed by atoms with Crippen molar-refractivity contribution in [3.8, 4) is 5.75 Å². The summed E-state index contributed by atoms with van der Waals surface area (Å²) in [4.78, 5) is 39.8. The standard InChI is InChI=1S/C45H69N3O12/c1-11-35-45(8,54)40(51)29(4)37(47-56-23-17-22-55-33-19-13-12-14-20-33)27(2)26-44(7,53)41(60-43-38(50)34(48(9)10)24-28(3)57-43)30(5)39(31(6)42(52)58-35)59-36(49)25-32-18-15-16-21-46-32/h12-16,18-21,27-31,34-35,38-41,43,50-51,53-54H,11,17,22-26H2,1-10H3/b47-37+/t27-,28-,29-,30+,31-,34+,35+,38-,39+,40-,41-,43+,44?,45-/m1/s1. The lowest BCUT2D eigenvalue weighted by Gasteiger charge is -2.47. The van der Waals surface area contributed by atoms with Gasteiger partial charge in [-0.2, -0.15) is 0 Å². The smallest absolute Gasteiger partial charge is 0.312 e. The van der Waals surface area contributed by atoms with E-state index in [1.54, 1.807) is 59.0 Å². The molecule has 0 bridgehead atoms. The number of likely N-dealkylation sites (N-methyl/N-ethyl adjacent to an activating group) is 1. The number of cyclic esters (lactones) is 1. The maximum atomic E-state index is 14.2. The Labute approximate surface area is 355 Å². The van der Waals surface area contributed by atoms with Gasteiger partial charge in [0.1, 0.15) is 36.3 Å². The molecule has 1 aromatic heterocycles. The molecule has 2 saturated heterocycles. The number of carbonyl (C=O) groups is 2. The number of para-hydroxylation sites is 1. The first-order valence-electron chi connectivity index (χ1n) is 21.2. The minimum Gasteiger partial charge on any atom is -0.493 e. The van der Waals surface area contributed by atoms with Crippen LogP contribution in [0, 0.1) is 23.7 Å². The summed E-state index contributed by atoms with van der Waals surface area (Å²) in [5, 5.41) is 52.7. The third-order valence-corrected chi connectivity index (χ3v) is 12.0. The van der Waals surface area contributed by atoms with Crippen molar-refractivity contribution >= 4 is 17.7 Å². The van der Waals surface area contributed by atoms with Crippen LogP contribution in [0.3, 0.4) is 0 Å². The minimum absolute atomic E-state index is 0.0410. The van der Waals surface area contributed by atoms with Gasteiger partial charge in [-0.05, 0) is 85.3 Å². The van der Waals surface area contributed by atoms with E-state index in [4.69, 9.17) is 28.5 Å². The Kier molecular flexibility index (Phi) is 17.9. The van der Waals surface area contributed by atoms with Gasteiger partial charge in [0.05, 0.1) is 54.3 Å². The van der Waals surface area contributed by atoms with Crippen molar-refractivity contribution in [3.63, 3.8) is 0 Å². The lowest BCUT2D eigenvalue weighted by atomic mass is 9.73. The van der Waals surface area contributed by atoms with Crippen molar-refractivity contribution in [2.75, 3.05) is 27.3 Å². The normalized spacial score (nSPS) is 36.6. The van der Waals surface area contributed by atoms with E-state index in [9.17, 15) is 30.0 Å². The largest absolute Gasteiger partial charge is 0.493 e. The number of carbonyl (C=O) groups excluding carboxylic acids is 2. The maximum absolute atomic E-state index is 14.2. The maximum Gasteiger partial charge on any atom is 0.312 e. The van der Waals surface area contributed by atoms with Crippen LogP contribution in [0.25, 0.3) is 0 Å². The number of nitrogens with zero attached hydrogens (tertiary/aromatic N) is 3. The summed E-state index contributed by atoms with van der Waals surface area (Å²) in [5.74, 6) is -4.33. The molecule has 4 rings (SSSR count). The fourth-order valence-corrected chi connectivity index (χ4v) is 8.59. The molecular weight excluding hydrogens is 775 g/mol. The zero-order chi connectivity index (χ0) is 44.4. The van der Waals surface area contributed by atoms with Crippen molar-refractivity contribution in [1.82, 2.24) is 9.88 Å². The molecule has 2 aromatic rings. The first-order valence-corrected chi connectivity index (χ1v) is 21.2. The summed E-state index contributed by atoms with van der Waals surface area (Å²) < 4.78 is 30.8. The van der Waals surface area contributed by atoms with Gasteiger partial charge in [0.25, 0.3) is 0 Å². The zero-order valence-corrected chi connectivity index (χ0v) is 37.0. The van der Waals surface area contributed by atoms with E-state index < -0.39 is 83.6 Å². The van der Waals surface area contributed by atoms with Crippen molar-refractivity contribution in [3.05, 3.63) is 60.4 Å². The topological polar surface area (TPSA) is 199 Å². The number of hydrogen-bond donors (Lipinski definition) is 4. The molecule has 2 aliphatic rings. The number of hydrogen-bond acceptors (Lipinski definition) is 15. The number of aromatic nitrogens is 1. The number of rotatable bonds is 13. The number of pyridine rings is 1. The highest BCUT2D eigenvalue weighted by Gasteiger charge is 2.52. The fourth-order valence-electron chi connectivity index (χ4n) is 8.59. The second-order valence-electron chi connectivity index (χ2n) is 17.3. The predicted octanol–water partition coefficient (Wildman–Crippen LogP) is 4.32. The molecule has 0 aliphatic carbocycles. The van der Waals surface area contributed by atoms with Gasteiger partial charge in [-0.1, -0.05) is 57.1 Å². The molecule has 15 nitrogen and oxygen atoms in total. The predicted molar refractivity (Wildman–Crippen MR) is 224 cm³/mol. The summed E-state index contributed by atoms with van der Waals surface area (Å²) in [5.41, 5.74) is -2.99. The van der Waals surface area contributed by atoms with E-state index in [0.717, 1.165) is 5.75 Å². The summed E-state index contributed by atoms with van der Waals surface area (Å²) in [6, 6.07) is 14.2. The molecule has 0 radical (unpaired) electrons. The van der Waals surface area contributed by atoms with Crippen LogP contribution in [0.15, 0.2) is 59.9 Å². The highest BCUT2D eigenvalue weighted by atomic mass is 16.7. The average Bonchev–Trinajstić information content (AvgIpc) is 3.20. The molecule has 3 heterocycles. The number of aliphatic hydroxyl groups is 4. The molecule has 14 atom stereocenters. The van der Waals surface area contributed by atoms with Crippen LogP contribution in [0.2, 0.25) is 0 Å². The lowest BCUT2D eigenvalue weighted by molar-refractivity contribution is -0.299. The Morgan fingerprint density at radius 1 is 0.983 bits per heavy atom. The van der Waals surface area contributed by atoms with Crippen LogP contribution in [-0.2, 0) is 39.8 Å². The highest BCUT2D eigenvalue weighted by molar-refractivity contribution is 5.88. The molecule has 0 amide bonds. The summed E-state index contributed by atoms with van der Waals surface area (Å²) in [6.07, 6.45) is -5.39. The fraction of sp³-hybridized carbons (Fsp3) is 0.689. The lowest BCUT2D eigenvalue weighted by Crippen LogP contribution is -2.60. The van der Waals surface area contributed by atoms with E-state index in [-0.39, 0.29) is 38.0 Å². The van der Waals surface area contributed by atoms with Gasteiger partial charge in [-0.25, -0.2) is 0 Å². The second-order valence-corrected chi connectivity index (χ2v) is 17.3. The first kappa shape index (κ1) is 49.0. The van der Waals surface area contributed by atoms with Crippen LogP contribution in [0.4, 0.5) is 0 Å². The number of esters is 2. The number of ether oxygens (including phenoxy) is 5. The molecule has 336 valence electrons. The molecule has 2 fully saturated rings. The summed E-state index contributed by atoms with van der Waals surface area (Å²) in [6.45, 7) is 13.9. The molecule has 0 spiro atoms. The van der Waals surface area contributed by atoms with Gasteiger partial charge < -0.3 is 53.8 Å². The summed E-state index contributed by atoms with van der Waals surface area (Å²) in [7, 11) is 3.70. The van der Waals surface area contributed by atoms with E-state index in [1.165, 1.54) is 6.92 Å². The Balaban J connectivity index is 1.77. The average molecular weight is 844 g/mol.